The SMILES string of the molecule is CC(C)c1nc(CCNc2ccccc2)n(C)n1. The van der Waals surface area contributed by atoms with Gasteiger partial charge in [-0.1, -0.05) is 32.0 Å². The van der Waals surface area contributed by atoms with Crippen LogP contribution < -0.4 is 5.32 Å². The Morgan fingerprint density at radius 3 is 2.56 bits per heavy atom. The number of benzene rings is 1. The summed E-state index contributed by atoms with van der Waals surface area (Å²) in [7, 11) is 1.96. The molecule has 0 bridgehead atoms. The molecule has 0 unspecified atom stereocenters. The van der Waals surface area contributed by atoms with Gasteiger partial charge in [-0.25, -0.2) is 4.98 Å². The molecule has 0 radical (unpaired) electrons. The zero-order valence-electron chi connectivity index (χ0n) is 11.2. The van der Waals surface area contributed by atoms with Crippen molar-refractivity contribution in [3.63, 3.8) is 0 Å². The molecule has 1 aromatic carbocycles. The van der Waals surface area contributed by atoms with Crippen LogP contribution in [0.3, 0.4) is 0 Å². The Labute approximate surface area is 108 Å². The third kappa shape index (κ3) is 3.09. The molecule has 2 aromatic rings. The number of nitrogens with zero attached hydrogens (tertiary/aromatic N) is 3. The van der Waals surface area contributed by atoms with Crippen LogP contribution in [0.1, 0.15) is 31.4 Å². The fourth-order valence-corrected chi connectivity index (χ4v) is 1.78. The van der Waals surface area contributed by atoms with E-state index in [1.807, 2.05) is 29.9 Å². The van der Waals surface area contributed by atoms with E-state index < -0.39 is 0 Å². The molecule has 0 aliphatic heterocycles. The van der Waals surface area contributed by atoms with Gasteiger partial charge in [-0.05, 0) is 12.1 Å². The first kappa shape index (κ1) is 12.6. The minimum atomic E-state index is 0.382. The molecule has 0 aliphatic rings. The van der Waals surface area contributed by atoms with Crippen LogP contribution in [-0.4, -0.2) is 21.3 Å². The standard InChI is InChI=1S/C14H20N4/c1-11(2)14-16-13(18(3)17-14)9-10-15-12-7-5-4-6-8-12/h4-8,11,15H,9-10H2,1-3H3. The van der Waals surface area contributed by atoms with E-state index in [0.29, 0.717) is 5.92 Å². The molecule has 0 spiro atoms. The lowest BCUT2D eigenvalue weighted by molar-refractivity contribution is 0.681. The summed E-state index contributed by atoms with van der Waals surface area (Å²) in [5.74, 6) is 2.33. The van der Waals surface area contributed by atoms with Crippen molar-refractivity contribution < 1.29 is 0 Å². The van der Waals surface area contributed by atoms with Gasteiger partial charge in [0.05, 0.1) is 0 Å². The highest BCUT2D eigenvalue weighted by Crippen LogP contribution is 2.10. The monoisotopic (exact) mass is 244 g/mol. The number of aryl methyl sites for hydroxylation is 1. The lowest BCUT2D eigenvalue weighted by Crippen LogP contribution is -2.09. The molecule has 2 rings (SSSR count). The molecule has 4 nitrogen and oxygen atoms in total. The molecule has 1 heterocycles. The maximum atomic E-state index is 4.55. The lowest BCUT2D eigenvalue weighted by atomic mass is 10.2. The van der Waals surface area contributed by atoms with Crippen LogP contribution in [0.25, 0.3) is 0 Å². The van der Waals surface area contributed by atoms with Crippen LogP contribution in [0.4, 0.5) is 5.69 Å². The summed E-state index contributed by atoms with van der Waals surface area (Å²) in [4.78, 5) is 4.55. The largest absolute Gasteiger partial charge is 0.385 e. The summed E-state index contributed by atoms with van der Waals surface area (Å²) < 4.78 is 1.88. The average Bonchev–Trinajstić information content (AvgIpc) is 2.73. The van der Waals surface area contributed by atoms with Gasteiger partial charge in [0.15, 0.2) is 5.82 Å². The van der Waals surface area contributed by atoms with E-state index in [4.69, 9.17) is 0 Å². The third-order valence-electron chi connectivity index (χ3n) is 2.84. The van der Waals surface area contributed by atoms with Crippen molar-refractivity contribution >= 4 is 5.69 Å². The number of para-hydroxylation sites is 1. The van der Waals surface area contributed by atoms with Gasteiger partial charge in [0.2, 0.25) is 0 Å². The van der Waals surface area contributed by atoms with Gasteiger partial charge in [-0.2, -0.15) is 5.10 Å². The lowest BCUT2D eigenvalue weighted by Gasteiger charge is -2.05. The molecule has 0 atom stereocenters. The Bertz CT molecular complexity index is 488. The van der Waals surface area contributed by atoms with Gasteiger partial charge in [-0.15, -0.1) is 0 Å². The Balaban J connectivity index is 1.90. The van der Waals surface area contributed by atoms with Gasteiger partial charge in [0.1, 0.15) is 5.82 Å². The molecule has 0 saturated heterocycles. The molecule has 0 aliphatic carbocycles. The Morgan fingerprint density at radius 1 is 1.22 bits per heavy atom. The highest BCUT2D eigenvalue weighted by Gasteiger charge is 2.09. The van der Waals surface area contributed by atoms with E-state index in [-0.39, 0.29) is 0 Å². The van der Waals surface area contributed by atoms with E-state index in [2.05, 4.69) is 41.4 Å². The van der Waals surface area contributed by atoms with E-state index in [1.54, 1.807) is 0 Å². The summed E-state index contributed by atoms with van der Waals surface area (Å²) in [5, 5.41) is 7.79. The van der Waals surface area contributed by atoms with Crippen LogP contribution >= 0.6 is 0 Å². The Hall–Kier alpha value is -1.84. The Kier molecular flexibility index (Phi) is 3.97. The van der Waals surface area contributed by atoms with Crippen molar-refractivity contribution in [2.45, 2.75) is 26.2 Å². The number of aromatic nitrogens is 3. The molecule has 4 heteroatoms. The van der Waals surface area contributed by atoms with Crippen LogP contribution in [0.5, 0.6) is 0 Å². The maximum Gasteiger partial charge on any atom is 0.153 e. The maximum absolute atomic E-state index is 4.55. The van der Waals surface area contributed by atoms with E-state index >= 15 is 0 Å². The Morgan fingerprint density at radius 2 is 1.94 bits per heavy atom. The molecule has 0 amide bonds. The quantitative estimate of drug-likeness (QED) is 0.879. The van der Waals surface area contributed by atoms with Crippen molar-refractivity contribution in [1.82, 2.24) is 14.8 Å². The van der Waals surface area contributed by atoms with Gasteiger partial charge in [0, 0.05) is 31.6 Å². The molecular weight excluding hydrogens is 224 g/mol. The number of hydrogen-bond acceptors (Lipinski definition) is 3. The minimum Gasteiger partial charge on any atom is -0.385 e. The highest BCUT2D eigenvalue weighted by molar-refractivity contribution is 5.42. The topological polar surface area (TPSA) is 42.7 Å². The molecular formula is C14H20N4. The molecule has 0 fully saturated rings. The van der Waals surface area contributed by atoms with E-state index in [0.717, 1.165) is 30.3 Å². The predicted molar refractivity (Wildman–Crippen MR) is 73.7 cm³/mol. The normalized spacial score (nSPS) is 10.9. The van der Waals surface area contributed by atoms with Crippen LogP contribution in [-0.2, 0) is 13.5 Å². The zero-order chi connectivity index (χ0) is 13.0. The fraction of sp³-hybridized carbons (Fsp3) is 0.429. The third-order valence-corrected chi connectivity index (χ3v) is 2.84. The first-order valence-electron chi connectivity index (χ1n) is 6.35. The first-order valence-corrected chi connectivity index (χ1v) is 6.35. The predicted octanol–water partition coefficient (Wildman–Crippen LogP) is 2.59. The minimum absolute atomic E-state index is 0.382. The van der Waals surface area contributed by atoms with Crippen molar-refractivity contribution in [2.24, 2.45) is 7.05 Å². The summed E-state index contributed by atoms with van der Waals surface area (Å²) in [6.45, 7) is 5.09. The number of hydrogen-bond donors (Lipinski definition) is 1. The van der Waals surface area contributed by atoms with Gasteiger partial charge in [0.25, 0.3) is 0 Å². The van der Waals surface area contributed by atoms with E-state index in [9.17, 15) is 0 Å². The molecule has 1 aromatic heterocycles. The first-order chi connectivity index (χ1) is 8.66. The van der Waals surface area contributed by atoms with Crippen molar-refractivity contribution in [3.05, 3.63) is 42.0 Å². The number of nitrogens with one attached hydrogen (secondary N) is 1. The smallest absolute Gasteiger partial charge is 0.153 e. The average molecular weight is 244 g/mol. The molecule has 1 N–H and O–H groups in total. The second-order valence-corrected chi connectivity index (χ2v) is 4.71. The van der Waals surface area contributed by atoms with Crippen molar-refractivity contribution in [3.8, 4) is 0 Å². The van der Waals surface area contributed by atoms with Crippen molar-refractivity contribution in [1.29, 1.82) is 0 Å². The molecule has 96 valence electrons. The van der Waals surface area contributed by atoms with Gasteiger partial charge >= 0.3 is 0 Å². The van der Waals surface area contributed by atoms with Gasteiger partial charge in [-0.3, -0.25) is 4.68 Å². The van der Waals surface area contributed by atoms with Gasteiger partial charge < -0.3 is 5.32 Å². The van der Waals surface area contributed by atoms with E-state index in [1.165, 1.54) is 0 Å². The van der Waals surface area contributed by atoms with Crippen molar-refractivity contribution in [2.75, 3.05) is 11.9 Å². The van der Waals surface area contributed by atoms with Crippen LogP contribution in [0.15, 0.2) is 30.3 Å². The highest BCUT2D eigenvalue weighted by atomic mass is 15.3. The summed E-state index contributed by atoms with van der Waals surface area (Å²) in [5.41, 5.74) is 1.14. The fourth-order valence-electron chi connectivity index (χ4n) is 1.78. The summed E-state index contributed by atoms with van der Waals surface area (Å²) in [6, 6.07) is 10.2. The van der Waals surface area contributed by atoms with Crippen LogP contribution in [0.2, 0.25) is 0 Å². The molecule has 0 saturated carbocycles. The summed E-state index contributed by atoms with van der Waals surface area (Å²) >= 11 is 0. The zero-order valence-corrected chi connectivity index (χ0v) is 11.2. The van der Waals surface area contributed by atoms with Crippen LogP contribution in [0, 0.1) is 0 Å². The number of anilines is 1. The second kappa shape index (κ2) is 5.67. The summed E-state index contributed by atoms with van der Waals surface area (Å²) in [6.07, 6.45) is 0.880. The molecule has 18 heavy (non-hydrogen) atoms. The second-order valence-electron chi connectivity index (χ2n) is 4.71. The number of rotatable bonds is 5.